The molecule has 0 unspecified atom stereocenters. The highest BCUT2D eigenvalue weighted by molar-refractivity contribution is 7.12. The molecule has 0 saturated carbocycles. The predicted molar refractivity (Wildman–Crippen MR) is 99.7 cm³/mol. The molecule has 0 spiro atoms. The quantitative estimate of drug-likeness (QED) is 0.806. The molecule has 0 bridgehead atoms. The van der Waals surface area contributed by atoms with Crippen LogP contribution in [-0.4, -0.2) is 38.7 Å². The average molecular weight is 359 g/mol. The number of hydrogen-bond acceptors (Lipinski definition) is 4. The number of methoxy groups -OCH3 is 1. The van der Waals surface area contributed by atoms with Crippen LogP contribution in [0.2, 0.25) is 0 Å². The normalized spacial score (nSPS) is 13.2. The molecule has 3 amide bonds. The van der Waals surface area contributed by atoms with Gasteiger partial charge in [0.2, 0.25) is 0 Å². The Bertz CT molecular complexity index is 746. The van der Waals surface area contributed by atoms with E-state index in [9.17, 15) is 9.59 Å². The van der Waals surface area contributed by atoms with E-state index >= 15 is 0 Å². The second-order valence-electron chi connectivity index (χ2n) is 5.75. The molecule has 25 heavy (non-hydrogen) atoms. The fourth-order valence-electron chi connectivity index (χ4n) is 2.86. The van der Waals surface area contributed by atoms with E-state index < -0.39 is 0 Å². The summed E-state index contributed by atoms with van der Waals surface area (Å²) in [6.07, 6.45) is 1.80. The second-order valence-corrected chi connectivity index (χ2v) is 6.70. The zero-order chi connectivity index (χ0) is 17.6. The van der Waals surface area contributed by atoms with E-state index in [4.69, 9.17) is 4.74 Å². The van der Waals surface area contributed by atoms with Crippen LogP contribution in [-0.2, 0) is 11.2 Å². The molecule has 7 heteroatoms. The molecule has 0 saturated heterocycles. The second kappa shape index (κ2) is 8.13. The van der Waals surface area contributed by atoms with Crippen LogP contribution in [0.3, 0.4) is 0 Å². The number of thiophene rings is 1. The number of nitrogens with zero attached hydrogens (tertiary/aromatic N) is 1. The highest BCUT2D eigenvalue weighted by Crippen LogP contribution is 2.31. The number of ether oxygens (including phenoxy) is 1. The van der Waals surface area contributed by atoms with Crippen molar-refractivity contribution in [3.63, 3.8) is 0 Å². The summed E-state index contributed by atoms with van der Waals surface area (Å²) in [6.45, 7) is 1.64. The Morgan fingerprint density at radius 3 is 2.96 bits per heavy atom. The molecule has 6 nitrogen and oxygen atoms in total. The highest BCUT2D eigenvalue weighted by atomic mass is 32.1. The molecule has 0 atom stereocenters. The molecule has 1 aliphatic rings. The van der Waals surface area contributed by atoms with Gasteiger partial charge in [0.15, 0.2) is 0 Å². The molecule has 0 fully saturated rings. The summed E-state index contributed by atoms with van der Waals surface area (Å²) >= 11 is 1.45. The minimum Gasteiger partial charge on any atom is -0.383 e. The van der Waals surface area contributed by atoms with Crippen molar-refractivity contribution in [2.45, 2.75) is 12.8 Å². The molecule has 132 valence electrons. The lowest BCUT2D eigenvalue weighted by atomic mass is 10.0. The number of carbonyl (C=O) groups is 2. The van der Waals surface area contributed by atoms with Gasteiger partial charge in [0.1, 0.15) is 0 Å². The van der Waals surface area contributed by atoms with Crippen LogP contribution in [0.1, 0.15) is 21.7 Å². The van der Waals surface area contributed by atoms with Gasteiger partial charge in [0.25, 0.3) is 5.91 Å². The predicted octanol–water partition coefficient (Wildman–Crippen LogP) is 3.11. The number of rotatable bonds is 5. The van der Waals surface area contributed by atoms with Crippen LogP contribution in [0.25, 0.3) is 0 Å². The van der Waals surface area contributed by atoms with E-state index in [1.165, 1.54) is 11.3 Å². The Balaban J connectivity index is 1.72. The van der Waals surface area contributed by atoms with Crippen molar-refractivity contribution in [3.8, 4) is 0 Å². The van der Waals surface area contributed by atoms with E-state index in [1.54, 1.807) is 7.11 Å². The third kappa shape index (κ3) is 4.18. The van der Waals surface area contributed by atoms with Gasteiger partial charge in [-0.25, -0.2) is 4.79 Å². The van der Waals surface area contributed by atoms with E-state index in [-0.39, 0.29) is 11.9 Å². The summed E-state index contributed by atoms with van der Waals surface area (Å²) < 4.78 is 4.90. The molecule has 1 aromatic carbocycles. The Morgan fingerprint density at radius 2 is 2.20 bits per heavy atom. The van der Waals surface area contributed by atoms with Crippen molar-refractivity contribution in [2.75, 3.05) is 37.0 Å². The minimum absolute atomic E-state index is 0.0361. The van der Waals surface area contributed by atoms with Crippen molar-refractivity contribution in [1.82, 2.24) is 5.32 Å². The maximum absolute atomic E-state index is 12.7. The monoisotopic (exact) mass is 359 g/mol. The number of benzene rings is 1. The van der Waals surface area contributed by atoms with Gasteiger partial charge in [0.05, 0.1) is 11.5 Å². The largest absolute Gasteiger partial charge is 0.383 e. The summed E-state index contributed by atoms with van der Waals surface area (Å²) in [5, 5.41) is 7.45. The van der Waals surface area contributed by atoms with E-state index in [0.29, 0.717) is 19.7 Å². The number of carbonyl (C=O) groups excluding carboxylic acids is 2. The van der Waals surface area contributed by atoms with Crippen LogP contribution in [0, 0.1) is 0 Å². The smallest absolute Gasteiger partial charge is 0.319 e. The van der Waals surface area contributed by atoms with Gasteiger partial charge >= 0.3 is 6.03 Å². The molecule has 2 aromatic rings. The molecule has 0 aliphatic carbocycles. The molecule has 0 radical (unpaired) electrons. The van der Waals surface area contributed by atoms with Gasteiger partial charge in [0, 0.05) is 31.6 Å². The fraction of sp³-hybridized carbons (Fsp3) is 0.333. The van der Waals surface area contributed by atoms with Crippen molar-refractivity contribution in [1.29, 1.82) is 0 Å². The first-order chi connectivity index (χ1) is 12.2. The molecular formula is C18H21N3O3S. The van der Waals surface area contributed by atoms with Crippen LogP contribution in [0.4, 0.5) is 16.2 Å². The van der Waals surface area contributed by atoms with Crippen LogP contribution in [0.15, 0.2) is 35.7 Å². The lowest BCUT2D eigenvalue weighted by Gasteiger charge is -2.29. The third-order valence-electron chi connectivity index (χ3n) is 4.02. The summed E-state index contributed by atoms with van der Waals surface area (Å²) in [6, 6.07) is 9.15. The summed E-state index contributed by atoms with van der Waals surface area (Å²) in [5.74, 6) is 0.0361. The molecule has 1 aliphatic heterocycles. The van der Waals surface area contributed by atoms with Crippen LogP contribution < -0.4 is 15.5 Å². The maximum Gasteiger partial charge on any atom is 0.319 e. The fourth-order valence-corrected chi connectivity index (χ4v) is 3.53. The molecular weight excluding hydrogens is 338 g/mol. The number of anilines is 2. The van der Waals surface area contributed by atoms with Crippen LogP contribution in [0.5, 0.6) is 0 Å². The maximum atomic E-state index is 12.7. The van der Waals surface area contributed by atoms with E-state index in [0.717, 1.165) is 34.7 Å². The van der Waals surface area contributed by atoms with Crippen molar-refractivity contribution >= 4 is 34.6 Å². The molecule has 3 rings (SSSR count). The number of aryl methyl sites for hydroxylation is 1. The van der Waals surface area contributed by atoms with Crippen molar-refractivity contribution < 1.29 is 14.3 Å². The first-order valence-electron chi connectivity index (χ1n) is 8.21. The lowest BCUT2D eigenvalue weighted by molar-refractivity contribution is 0.0989. The van der Waals surface area contributed by atoms with Gasteiger partial charge in [-0.1, -0.05) is 6.07 Å². The minimum atomic E-state index is -0.265. The summed E-state index contributed by atoms with van der Waals surface area (Å²) in [4.78, 5) is 27.1. The Morgan fingerprint density at radius 1 is 1.32 bits per heavy atom. The van der Waals surface area contributed by atoms with E-state index in [1.807, 2.05) is 40.6 Å². The van der Waals surface area contributed by atoms with Gasteiger partial charge in [-0.05, 0) is 48.1 Å². The number of nitrogens with one attached hydrogen (secondary N) is 2. The zero-order valence-electron chi connectivity index (χ0n) is 14.1. The van der Waals surface area contributed by atoms with Crippen LogP contribution >= 0.6 is 11.3 Å². The SMILES string of the molecule is COCCNC(=O)Nc1ccc2c(c1)CCCN2C(=O)c1cccs1. The number of urea groups is 1. The van der Waals surface area contributed by atoms with Crippen molar-refractivity contribution in [3.05, 3.63) is 46.2 Å². The first-order valence-corrected chi connectivity index (χ1v) is 9.09. The molecule has 1 aromatic heterocycles. The Kier molecular flexibility index (Phi) is 5.67. The number of fused-ring (bicyclic) bond motifs is 1. The van der Waals surface area contributed by atoms with Gasteiger partial charge in [-0.3, -0.25) is 4.79 Å². The zero-order valence-corrected chi connectivity index (χ0v) is 14.9. The number of amides is 3. The highest BCUT2D eigenvalue weighted by Gasteiger charge is 2.24. The molecule has 2 N–H and O–H groups in total. The lowest BCUT2D eigenvalue weighted by Crippen LogP contribution is -2.35. The van der Waals surface area contributed by atoms with Crippen molar-refractivity contribution in [2.24, 2.45) is 0 Å². The van der Waals surface area contributed by atoms with Gasteiger partial charge < -0.3 is 20.3 Å². The number of hydrogen-bond donors (Lipinski definition) is 2. The third-order valence-corrected chi connectivity index (χ3v) is 4.88. The summed E-state index contributed by atoms with van der Waals surface area (Å²) in [5.41, 5.74) is 2.72. The Labute approximate surface area is 150 Å². The Hall–Kier alpha value is -2.38. The van der Waals surface area contributed by atoms with Gasteiger partial charge in [-0.2, -0.15) is 0 Å². The average Bonchev–Trinajstić information content (AvgIpc) is 3.15. The van der Waals surface area contributed by atoms with E-state index in [2.05, 4.69) is 10.6 Å². The topological polar surface area (TPSA) is 70.7 Å². The first kappa shape index (κ1) is 17.4. The standard InChI is InChI=1S/C18H21N3O3S/c1-24-10-8-19-18(23)20-14-6-7-15-13(12-14)4-2-9-21(15)17(22)16-5-3-11-25-16/h3,5-7,11-12H,2,4,8-10H2,1H3,(H2,19,20,23). The van der Waals surface area contributed by atoms with Gasteiger partial charge in [-0.15, -0.1) is 11.3 Å². The molecule has 2 heterocycles. The summed E-state index contributed by atoms with van der Waals surface area (Å²) in [7, 11) is 1.59.